The summed E-state index contributed by atoms with van der Waals surface area (Å²) in [5.74, 6) is 1.35. The highest BCUT2D eigenvalue weighted by atomic mass is 35.5. The van der Waals surface area contributed by atoms with Gasteiger partial charge in [0, 0.05) is 43.3 Å². The lowest BCUT2D eigenvalue weighted by Gasteiger charge is -2.36. The van der Waals surface area contributed by atoms with Crippen molar-refractivity contribution in [1.29, 1.82) is 0 Å². The molecule has 1 fully saturated rings. The summed E-state index contributed by atoms with van der Waals surface area (Å²) in [6, 6.07) is 7.83. The highest BCUT2D eigenvalue weighted by Crippen LogP contribution is 2.21. The third kappa shape index (κ3) is 4.21. The molecule has 0 saturated carbocycles. The summed E-state index contributed by atoms with van der Waals surface area (Å²) in [5.41, 5.74) is 1.11. The van der Waals surface area contributed by atoms with Crippen LogP contribution in [0.25, 0.3) is 0 Å². The molecule has 128 valence electrons. The van der Waals surface area contributed by atoms with Gasteiger partial charge in [-0.15, -0.1) is 5.10 Å². The maximum atomic E-state index is 12.3. The van der Waals surface area contributed by atoms with Crippen LogP contribution in [-0.2, 0) is 11.2 Å². The normalized spacial score (nSPS) is 14.9. The van der Waals surface area contributed by atoms with Crippen LogP contribution in [0.4, 0.5) is 5.69 Å². The van der Waals surface area contributed by atoms with E-state index in [4.69, 9.17) is 11.6 Å². The number of aromatic nitrogens is 3. The molecule has 0 atom stereocenters. The van der Waals surface area contributed by atoms with Gasteiger partial charge in [0.1, 0.15) is 5.82 Å². The monoisotopic (exact) mass is 365 g/mol. The predicted molar refractivity (Wildman–Crippen MR) is 96.7 cm³/mol. The Labute approximate surface area is 150 Å². The SMILES string of the molecule is CCc1nc(SCC(=O)N2CCN(c3cccc(Cl)c3)CC2)n[nH]1. The third-order valence-corrected chi connectivity index (χ3v) is 5.04. The molecule has 2 aromatic rings. The standard InChI is InChI=1S/C16H20ClN5OS/c1-2-14-18-16(20-19-14)24-11-15(23)22-8-6-21(7-9-22)13-5-3-4-12(17)10-13/h3-5,10H,2,6-9,11H2,1H3,(H,18,19,20). The minimum absolute atomic E-state index is 0.133. The molecule has 0 bridgehead atoms. The third-order valence-electron chi connectivity index (χ3n) is 3.98. The van der Waals surface area contributed by atoms with Gasteiger partial charge in [-0.05, 0) is 18.2 Å². The topological polar surface area (TPSA) is 65.1 Å². The van der Waals surface area contributed by atoms with E-state index in [1.807, 2.05) is 36.1 Å². The van der Waals surface area contributed by atoms with Crippen molar-refractivity contribution in [2.24, 2.45) is 0 Å². The second-order valence-electron chi connectivity index (χ2n) is 5.55. The first-order valence-electron chi connectivity index (χ1n) is 7.98. The Morgan fingerprint density at radius 3 is 2.79 bits per heavy atom. The van der Waals surface area contributed by atoms with Crippen molar-refractivity contribution in [2.75, 3.05) is 36.8 Å². The van der Waals surface area contributed by atoms with Gasteiger partial charge in [0.2, 0.25) is 11.1 Å². The number of aromatic amines is 1. The van der Waals surface area contributed by atoms with Crippen molar-refractivity contribution in [2.45, 2.75) is 18.5 Å². The van der Waals surface area contributed by atoms with Gasteiger partial charge in [-0.1, -0.05) is 36.4 Å². The van der Waals surface area contributed by atoms with Crippen LogP contribution in [0.5, 0.6) is 0 Å². The maximum absolute atomic E-state index is 12.3. The number of piperazine rings is 1. The maximum Gasteiger partial charge on any atom is 0.233 e. The lowest BCUT2D eigenvalue weighted by Crippen LogP contribution is -2.49. The Hall–Kier alpha value is -1.73. The van der Waals surface area contributed by atoms with Crippen LogP contribution >= 0.6 is 23.4 Å². The smallest absolute Gasteiger partial charge is 0.233 e. The van der Waals surface area contributed by atoms with Crippen LogP contribution in [0.3, 0.4) is 0 Å². The van der Waals surface area contributed by atoms with Gasteiger partial charge < -0.3 is 9.80 Å². The second kappa shape index (κ2) is 7.90. The highest BCUT2D eigenvalue weighted by molar-refractivity contribution is 7.99. The number of halogens is 1. The number of carbonyl (C=O) groups excluding carboxylic acids is 1. The van der Waals surface area contributed by atoms with Gasteiger partial charge in [-0.3, -0.25) is 9.89 Å². The van der Waals surface area contributed by atoms with Crippen LogP contribution in [0, 0.1) is 0 Å². The molecule has 8 heteroatoms. The number of hydrogen-bond donors (Lipinski definition) is 1. The minimum atomic E-state index is 0.133. The number of amides is 1. The van der Waals surface area contributed by atoms with Crippen LogP contribution in [0.2, 0.25) is 5.02 Å². The highest BCUT2D eigenvalue weighted by Gasteiger charge is 2.21. The average molecular weight is 366 g/mol. The Morgan fingerprint density at radius 2 is 2.12 bits per heavy atom. The molecule has 1 aromatic carbocycles. The fourth-order valence-electron chi connectivity index (χ4n) is 2.60. The van der Waals surface area contributed by atoms with Gasteiger partial charge in [-0.2, -0.15) is 0 Å². The number of aryl methyl sites for hydroxylation is 1. The molecule has 2 heterocycles. The van der Waals surface area contributed by atoms with E-state index >= 15 is 0 Å². The number of nitrogens with one attached hydrogen (secondary N) is 1. The Bertz CT molecular complexity index is 699. The summed E-state index contributed by atoms with van der Waals surface area (Å²) in [5, 5.41) is 8.34. The van der Waals surface area contributed by atoms with Gasteiger partial charge >= 0.3 is 0 Å². The molecular weight excluding hydrogens is 346 g/mol. The molecule has 1 aromatic heterocycles. The van der Waals surface area contributed by atoms with Gasteiger partial charge in [0.25, 0.3) is 0 Å². The van der Waals surface area contributed by atoms with E-state index in [1.165, 1.54) is 11.8 Å². The molecule has 1 aliphatic rings. The average Bonchev–Trinajstić information content (AvgIpc) is 3.08. The zero-order valence-electron chi connectivity index (χ0n) is 13.5. The number of benzene rings is 1. The molecular formula is C16H20ClN5OS. The zero-order valence-corrected chi connectivity index (χ0v) is 15.1. The lowest BCUT2D eigenvalue weighted by molar-refractivity contribution is -0.128. The summed E-state index contributed by atoms with van der Waals surface area (Å²) in [6.07, 6.45) is 0.812. The van der Waals surface area contributed by atoms with Crippen LogP contribution < -0.4 is 4.90 Å². The summed E-state index contributed by atoms with van der Waals surface area (Å²) >= 11 is 7.43. The second-order valence-corrected chi connectivity index (χ2v) is 6.93. The fraction of sp³-hybridized carbons (Fsp3) is 0.438. The largest absolute Gasteiger partial charge is 0.368 e. The number of anilines is 1. The first kappa shape index (κ1) is 17.1. The number of carbonyl (C=O) groups is 1. The van der Waals surface area contributed by atoms with Crippen molar-refractivity contribution in [1.82, 2.24) is 20.1 Å². The molecule has 1 saturated heterocycles. The molecule has 1 aliphatic heterocycles. The Balaban J connectivity index is 1.48. The van der Waals surface area contributed by atoms with E-state index in [9.17, 15) is 4.79 Å². The summed E-state index contributed by atoms with van der Waals surface area (Å²) in [6.45, 7) is 5.09. The first-order chi connectivity index (χ1) is 11.7. The molecule has 0 unspecified atom stereocenters. The number of H-pyrrole nitrogens is 1. The summed E-state index contributed by atoms with van der Waals surface area (Å²) in [4.78, 5) is 20.8. The van der Waals surface area contributed by atoms with E-state index in [2.05, 4.69) is 20.1 Å². The number of thioether (sulfide) groups is 1. The van der Waals surface area contributed by atoms with Crippen molar-refractivity contribution in [3.63, 3.8) is 0 Å². The van der Waals surface area contributed by atoms with E-state index in [-0.39, 0.29) is 5.91 Å². The van der Waals surface area contributed by atoms with E-state index < -0.39 is 0 Å². The first-order valence-corrected chi connectivity index (χ1v) is 9.34. The van der Waals surface area contributed by atoms with Gasteiger partial charge in [0.15, 0.2) is 0 Å². The quantitative estimate of drug-likeness (QED) is 0.824. The molecule has 1 N–H and O–H groups in total. The molecule has 0 radical (unpaired) electrons. The van der Waals surface area contributed by atoms with Gasteiger partial charge in [0.05, 0.1) is 5.75 Å². The van der Waals surface area contributed by atoms with Gasteiger partial charge in [-0.25, -0.2) is 4.98 Å². The number of hydrogen-bond acceptors (Lipinski definition) is 5. The lowest BCUT2D eigenvalue weighted by atomic mass is 10.2. The van der Waals surface area contributed by atoms with E-state index in [1.54, 1.807) is 0 Å². The van der Waals surface area contributed by atoms with Crippen molar-refractivity contribution >= 4 is 35.0 Å². The summed E-state index contributed by atoms with van der Waals surface area (Å²) in [7, 11) is 0. The van der Waals surface area contributed by atoms with E-state index in [0.717, 1.165) is 49.1 Å². The van der Waals surface area contributed by atoms with Crippen molar-refractivity contribution in [3.05, 3.63) is 35.1 Å². The fourth-order valence-corrected chi connectivity index (χ4v) is 3.51. The van der Waals surface area contributed by atoms with Crippen LogP contribution in [0.1, 0.15) is 12.7 Å². The Kier molecular flexibility index (Phi) is 5.63. The molecule has 6 nitrogen and oxygen atoms in total. The molecule has 1 amide bonds. The van der Waals surface area contributed by atoms with Crippen molar-refractivity contribution in [3.8, 4) is 0 Å². The van der Waals surface area contributed by atoms with E-state index in [0.29, 0.717) is 10.9 Å². The van der Waals surface area contributed by atoms with Crippen molar-refractivity contribution < 1.29 is 4.79 Å². The van der Waals surface area contributed by atoms with Crippen LogP contribution in [0.15, 0.2) is 29.4 Å². The minimum Gasteiger partial charge on any atom is -0.368 e. The molecule has 24 heavy (non-hydrogen) atoms. The number of rotatable bonds is 5. The number of nitrogens with zero attached hydrogens (tertiary/aromatic N) is 4. The molecule has 0 aliphatic carbocycles. The zero-order chi connectivity index (χ0) is 16.9. The van der Waals surface area contributed by atoms with Crippen LogP contribution in [-0.4, -0.2) is 57.9 Å². The molecule has 0 spiro atoms. The summed E-state index contributed by atoms with van der Waals surface area (Å²) < 4.78 is 0. The molecule has 3 rings (SSSR count). The predicted octanol–water partition coefficient (Wildman–Crippen LogP) is 2.46. The Morgan fingerprint density at radius 1 is 1.33 bits per heavy atom.